The molecule has 0 saturated carbocycles. The first-order valence-electron chi connectivity index (χ1n) is 5.02. The predicted molar refractivity (Wildman–Crippen MR) is 70.5 cm³/mol. The molecule has 3 nitrogen and oxygen atoms in total. The molecule has 0 aromatic heterocycles. The van der Waals surface area contributed by atoms with Gasteiger partial charge in [-0.2, -0.15) is 5.26 Å². The van der Waals surface area contributed by atoms with E-state index < -0.39 is 0 Å². The first-order valence-corrected chi connectivity index (χ1v) is 5.84. The molecule has 2 aromatic carbocycles. The molecule has 0 heterocycles. The molecule has 0 radical (unpaired) electrons. The van der Waals surface area contributed by atoms with Gasteiger partial charge >= 0.3 is 0 Å². The van der Waals surface area contributed by atoms with Gasteiger partial charge in [0.2, 0.25) is 0 Å². The van der Waals surface area contributed by atoms with Crippen molar-refractivity contribution in [2.24, 2.45) is 0 Å². The maximum atomic E-state index is 8.89. The molecule has 0 amide bonds. The van der Waals surface area contributed by atoms with Crippen LogP contribution in [0.3, 0.4) is 0 Å². The van der Waals surface area contributed by atoms with Gasteiger partial charge in [-0.25, -0.2) is 0 Å². The van der Waals surface area contributed by atoms with Crippen molar-refractivity contribution in [3.63, 3.8) is 0 Å². The number of nitrogens with two attached hydrogens (primary N) is 2. The molecule has 2 aromatic rings. The Morgan fingerprint density at radius 3 is 2.24 bits per heavy atom. The maximum Gasteiger partial charge on any atom is 0.101 e. The number of benzene rings is 2. The second kappa shape index (κ2) is 4.81. The third-order valence-electron chi connectivity index (χ3n) is 2.26. The molecule has 0 saturated heterocycles. The zero-order valence-electron chi connectivity index (χ0n) is 9.05. The van der Waals surface area contributed by atoms with Crippen molar-refractivity contribution in [3.8, 4) is 6.07 Å². The van der Waals surface area contributed by atoms with Crippen LogP contribution in [0.5, 0.6) is 0 Å². The van der Waals surface area contributed by atoms with Crippen LogP contribution in [0, 0.1) is 11.3 Å². The molecule has 2 rings (SSSR count). The zero-order chi connectivity index (χ0) is 12.3. The number of anilines is 2. The van der Waals surface area contributed by atoms with Crippen LogP contribution >= 0.6 is 11.8 Å². The molecule has 0 aliphatic heterocycles. The van der Waals surface area contributed by atoms with Crippen molar-refractivity contribution in [2.75, 3.05) is 11.5 Å². The SMILES string of the molecule is N#Cc1cc(Sc2ccc(N)cc2)ccc1N. The molecule has 0 aliphatic carbocycles. The standard InChI is InChI=1S/C13H11N3S/c14-8-9-7-12(5-6-13(9)16)17-11-3-1-10(15)2-4-11/h1-7H,15-16H2. The first-order chi connectivity index (χ1) is 8.19. The Balaban J connectivity index is 2.25. The van der Waals surface area contributed by atoms with Gasteiger partial charge in [-0.3, -0.25) is 0 Å². The summed E-state index contributed by atoms with van der Waals surface area (Å²) in [6.07, 6.45) is 0. The van der Waals surface area contributed by atoms with Crippen LogP contribution in [-0.4, -0.2) is 0 Å². The predicted octanol–water partition coefficient (Wildman–Crippen LogP) is 2.87. The van der Waals surface area contributed by atoms with Gasteiger partial charge in [-0.1, -0.05) is 11.8 Å². The van der Waals surface area contributed by atoms with E-state index in [1.807, 2.05) is 30.3 Å². The summed E-state index contributed by atoms with van der Waals surface area (Å²) in [6, 6.07) is 15.1. The maximum absolute atomic E-state index is 8.89. The molecule has 0 aliphatic rings. The molecule has 0 unspecified atom stereocenters. The highest BCUT2D eigenvalue weighted by atomic mass is 32.2. The molecule has 0 atom stereocenters. The smallest absolute Gasteiger partial charge is 0.101 e. The summed E-state index contributed by atoms with van der Waals surface area (Å²) < 4.78 is 0. The summed E-state index contributed by atoms with van der Waals surface area (Å²) in [5.41, 5.74) is 13.0. The van der Waals surface area contributed by atoms with Crippen LogP contribution in [-0.2, 0) is 0 Å². The van der Waals surface area contributed by atoms with Gasteiger partial charge in [-0.05, 0) is 42.5 Å². The fourth-order valence-electron chi connectivity index (χ4n) is 1.37. The van der Waals surface area contributed by atoms with E-state index >= 15 is 0 Å². The largest absolute Gasteiger partial charge is 0.399 e. The van der Waals surface area contributed by atoms with E-state index in [1.54, 1.807) is 23.9 Å². The van der Waals surface area contributed by atoms with Crippen molar-refractivity contribution < 1.29 is 0 Å². The van der Waals surface area contributed by atoms with Crippen LogP contribution < -0.4 is 11.5 Å². The van der Waals surface area contributed by atoms with Crippen molar-refractivity contribution in [1.82, 2.24) is 0 Å². The Morgan fingerprint density at radius 2 is 1.59 bits per heavy atom. The highest BCUT2D eigenvalue weighted by Gasteiger charge is 2.02. The summed E-state index contributed by atoms with van der Waals surface area (Å²) in [5.74, 6) is 0. The second-order valence-corrected chi connectivity index (χ2v) is 4.68. The average molecular weight is 241 g/mol. The van der Waals surface area contributed by atoms with E-state index in [9.17, 15) is 0 Å². The molecule has 84 valence electrons. The van der Waals surface area contributed by atoms with E-state index in [1.165, 1.54) is 0 Å². The van der Waals surface area contributed by atoms with Crippen molar-refractivity contribution >= 4 is 23.1 Å². The number of nitriles is 1. The highest BCUT2D eigenvalue weighted by Crippen LogP contribution is 2.30. The minimum Gasteiger partial charge on any atom is -0.399 e. The van der Waals surface area contributed by atoms with Crippen LogP contribution in [0.2, 0.25) is 0 Å². The lowest BCUT2D eigenvalue weighted by molar-refractivity contribution is 1.38. The fourth-order valence-corrected chi connectivity index (χ4v) is 2.22. The van der Waals surface area contributed by atoms with Crippen molar-refractivity contribution in [1.29, 1.82) is 5.26 Å². The monoisotopic (exact) mass is 241 g/mol. The van der Waals surface area contributed by atoms with E-state index in [4.69, 9.17) is 16.7 Å². The van der Waals surface area contributed by atoms with Gasteiger partial charge in [0.05, 0.1) is 5.56 Å². The minimum absolute atomic E-state index is 0.505. The lowest BCUT2D eigenvalue weighted by Gasteiger charge is -2.04. The number of hydrogen-bond acceptors (Lipinski definition) is 4. The summed E-state index contributed by atoms with van der Waals surface area (Å²) >= 11 is 1.57. The van der Waals surface area contributed by atoms with Gasteiger partial charge in [0.15, 0.2) is 0 Å². The fraction of sp³-hybridized carbons (Fsp3) is 0. The van der Waals surface area contributed by atoms with Crippen LogP contribution in [0.4, 0.5) is 11.4 Å². The van der Waals surface area contributed by atoms with Crippen LogP contribution in [0.25, 0.3) is 0 Å². The first kappa shape index (κ1) is 11.4. The number of nitrogen functional groups attached to an aromatic ring is 2. The third-order valence-corrected chi connectivity index (χ3v) is 3.26. The van der Waals surface area contributed by atoms with Crippen molar-refractivity contribution in [2.45, 2.75) is 9.79 Å². The molecule has 0 fully saturated rings. The Hall–Kier alpha value is -2.12. The Morgan fingerprint density at radius 1 is 0.941 bits per heavy atom. The number of nitrogens with zero attached hydrogens (tertiary/aromatic N) is 1. The van der Waals surface area contributed by atoms with E-state index in [0.717, 1.165) is 15.5 Å². The molecule has 17 heavy (non-hydrogen) atoms. The molecule has 0 spiro atoms. The van der Waals surface area contributed by atoms with Crippen LogP contribution in [0.15, 0.2) is 52.3 Å². The molecule has 0 bridgehead atoms. The topological polar surface area (TPSA) is 75.8 Å². The zero-order valence-corrected chi connectivity index (χ0v) is 9.87. The van der Waals surface area contributed by atoms with Gasteiger partial charge in [0, 0.05) is 21.2 Å². The lowest BCUT2D eigenvalue weighted by Crippen LogP contribution is -1.89. The Bertz CT molecular complexity index is 570. The van der Waals surface area contributed by atoms with E-state index in [2.05, 4.69) is 6.07 Å². The molecule has 4 heteroatoms. The summed E-state index contributed by atoms with van der Waals surface area (Å²) in [5, 5.41) is 8.89. The normalized spacial score (nSPS) is 9.82. The lowest BCUT2D eigenvalue weighted by atomic mass is 10.2. The van der Waals surface area contributed by atoms with Gasteiger partial charge in [0.1, 0.15) is 6.07 Å². The van der Waals surface area contributed by atoms with E-state index in [-0.39, 0.29) is 0 Å². The van der Waals surface area contributed by atoms with Gasteiger partial charge in [-0.15, -0.1) is 0 Å². The second-order valence-electron chi connectivity index (χ2n) is 3.53. The van der Waals surface area contributed by atoms with Gasteiger partial charge in [0.25, 0.3) is 0 Å². The Kier molecular flexibility index (Phi) is 3.22. The average Bonchev–Trinajstić information content (AvgIpc) is 2.34. The summed E-state index contributed by atoms with van der Waals surface area (Å²) in [4.78, 5) is 2.06. The highest BCUT2D eigenvalue weighted by molar-refractivity contribution is 7.99. The quantitative estimate of drug-likeness (QED) is 0.793. The summed E-state index contributed by atoms with van der Waals surface area (Å²) in [7, 11) is 0. The number of hydrogen-bond donors (Lipinski definition) is 2. The van der Waals surface area contributed by atoms with E-state index in [0.29, 0.717) is 11.3 Å². The minimum atomic E-state index is 0.505. The van der Waals surface area contributed by atoms with Crippen molar-refractivity contribution in [3.05, 3.63) is 48.0 Å². The van der Waals surface area contributed by atoms with Gasteiger partial charge < -0.3 is 11.5 Å². The molecular weight excluding hydrogens is 230 g/mol. The Labute approximate surface area is 104 Å². The molecular formula is C13H11N3S. The molecule has 4 N–H and O–H groups in total. The van der Waals surface area contributed by atoms with Crippen LogP contribution in [0.1, 0.15) is 5.56 Å². The number of rotatable bonds is 2. The third kappa shape index (κ3) is 2.71. The summed E-state index contributed by atoms with van der Waals surface area (Å²) in [6.45, 7) is 0.